The summed E-state index contributed by atoms with van der Waals surface area (Å²) in [6.07, 6.45) is 1.95. The van der Waals surface area contributed by atoms with E-state index in [0.29, 0.717) is 37.7 Å². The topological polar surface area (TPSA) is 37.3 Å². The van der Waals surface area contributed by atoms with Gasteiger partial charge in [-0.25, -0.2) is 4.39 Å². The van der Waals surface area contributed by atoms with Gasteiger partial charge in [-0.15, -0.1) is 0 Å². The molecule has 2 nitrogen and oxygen atoms in total. The molecule has 92 valence electrons. The number of carbonyl (C=O) groups is 1. The SMILES string of the molecule is O=C1CCC(O)(Cc2cccc(F)c2Cl)CC1. The van der Waals surface area contributed by atoms with E-state index in [4.69, 9.17) is 11.6 Å². The van der Waals surface area contributed by atoms with Crippen LogP contribution in [-0.4, -0.2) is 16.5 Å². The van der Waals surface area contributed by atoms with Crippen molar-refractivity contribution in [2.24, 2.45) is 0 Å². The summed E-state index contributed by atoms with van der Waals surface area (Å²) < 4.78 is 13.3. The van der Waals surface area contributed by atoms with Crippen molar-refractivity contribution in [3.05, 3.63) is 34.6 Å². The molecule has 0 bridgehead atoms. The van der Waals surface area contributed by atoms with Crippen molar-refractivity contribution in [1.82, 2.24) is 0 Å². The number of carbonyl (C=O) groups excluding carboxylic acids is 1. The van der Waals surface area contributed by atoms with Gasteiger partial charge in [0.05, 0.1) is 10.6 Å². The summed E-state index contributed by atoms with van der Waals surface area (Å²) in [5.41, 5.74) is -0.325. The fraction of sp³-hybridized carbons (Fsp3) is 0.462. The van der Waals surface area contributed by atoms with Crippen LogP contribution in [0.5, 0.6) is 0 Å². The highest BCUT2D eigenvalue weighted by atomic mass is 35.5. The zero-order valence-electron chi connectivity index (χ0n) is 9.38. The molecule has 1 aromatic carbocycles. The van der Waals surface area contributed by atoms with Crippen LogP contribution in [0, 0.1) is 5.82 Å². The van der Waals surface area contributed by atoms with Crippen LogP contribution in [0.2, 0.25) is 5.02 Å². The van der Waals surface area contributed by atoms with Gasteiger partial charge in [0.25, 0.3) is 0 Å². The predicted molar refractivity (Wildman–Crippen MR) is 63.5 cm³/mol. The second-order valence-electron chi connectivity index (χ2n) is 4.65. The van der Waals surface area contributed by atoms with Gasteiger partial charge in [-0.05, 0) is 24.5 Å². The van der Waals surface area contributed by atoms with Crippen molar-refractivity contribution in [3.8, 4) is 0 Å². The molecule has 0 aliphatic heterocycles. The van der Waals surface area contributed by atoms with E-state index >= 15 is 0 Å². The molecule has 1 N–H and O–H groups in total. The minimum absolute atomic E-state index is 0.0674. The third-order valence-electron chi connectivity index (χ3n) is 3.29. The van der Waals surface area contributed by atoms with E-state index in [1.54, 1.807) is 12.1 Å². The molecule has 1 aromatic rings. The molecule has 1 saturated carbocycles. The molecule has 0 heterocycles. The first-order valence-electron chi connectivity index (χ1n) is 5.67. The van der Waals surface area contributed by atoms with Crippen LogP contribution in [0.3, 0.4) is 0 Å². The second kappa shape index (κ2) is 4.75. The molecule has 0 spiro atoms. The van der Waals surface area contributed by atoms with Crippen molar-refractivity contribution in [2.75, 3.05) is 0 Å². The number of hydrogen-bond acceptors (Lipinski definition) is 2. The lowest BCUT2D eigenvalue weighted by atomic mass is 9.80. The third-order valence-corrected chi connectivity index (χ3v) is 3.71. The summed E-state index contributed by atoms with van der Waals surface area (Å²) in [6.45, 7) is 0. The lowest BCUT2D eigenvalue weighted by molar-refractivity contribution is -0.125. The fourth-order valence-electron chi connectivity index (χ4n) is 2.21. The van der Waals surface area contributed by atoms with Gasteiger partial charge in [0.2, 0.25) is 0 Å². The van der Waals surface area contributed by atoms with E-state index in [9.17, 15) is 14.3 Å². The van der Waals surface area contributed by atoms with Gasteiger partial charge < -0.3 is 5.11 Å². The van der Waals surface area contributed by atoms with Crippen molar-refractivity contribution in [1.29, 1.82) is 0 Å². The molecule has 4 heteroatoms. The normalized spacial score (nSPS) is 19.4. The summed E-state index contributed by atoms with van der Waals surface area (Å²) in [4.78, 5) is 11.1. The number of aliphatic hydroxyl groups is 1. The monoisotopic (exact) mass is 256 g/mol. The highest BCUT2D eigenvalue weighted by Gasteiger charge is 2.33. The Bertz CT molecular complexity index is 435. The zero-order chi connectivity index (χ0) is 12.5. The van der Waals surface area contributed by atoms with Gasteiger partial charge in [0.15, 0.2) is 0 Å². The first kappa shape index (κ1) is 12.5. The lowest BCUT2D eigenvalue weighted by Crippen LogP contribution is -2.36. The average molecular weight is 257 g/mol. The molecule has 0 saturated heterocycles. The Kier molecular flexibility index (Phi) is 3.50. The number of ketones is 1. The maximum Gasteiger partial charge on any atom is 0.142 e. The number of halogens is 2. The Morgan fingerprint density at radius 3 is 2.65 bits per heavy atom. The zero-order valence-corrected chi connectivity index (χ0v) is 10.1. The summed E-state index contributed by atoms with van der Waals surface area (Å²) in [6, 6.07) is 4.58. The lowest BCUT2D eigenvalue weighted by Gasteiger charge is -2.31. The second-order valence-corrected chi connectivity index (χ2v) is 5.03. The van der Waals surface area contributed by atoms with Crippen LogP contribution in [0.15, 0.2) is 18.2 Å². The van der Waals surface area contributed by atoms with Gasteiger partial charge in [0.1, 0.15) is 11.6 Å². The van der Waals surface area contributed by atoms with Gasteiger partial charge in [-0.3, -0.25) is 4.79 Å². The quantitative estimate of drug-likeness (QED) is 0.883. The Hall–Kier alpha value is -0.930. The summed E-state index contributed by atoms with van der Waals surface area (Å²) in [5, 5.41) is 10.4. The van der Waals surface area contributed by atoms with Crippen LogP contribution in [0.4, 0.5) is 4.39 Å². The Morgan fingerprint density at radius 1 is 1.35 bits per heavy atom. The van der Waals surface area contributed by atoms with Crippen LogP contribution in [0.25, 0.3) is 0 Å². The molecule has 0 amide bonds. The number of Topliss-reactive ketones (excluding diaryl/α,β-unsaturated/α-hetero) is 1. The van der Waals surface area contributed by atoms with Crippen LogP contribution >= 0.6 is 11.6 Å². The van der Waals surface area contributed by atoms with E-state index in [0.717, 1.165) is 0 Å². The van der Waals surface area contributed by atoms with Crippen molar-refractivity contribution >= 4 is 17.4 Å². The van der Waals surface area contributed by atoms with Gasteiger partial charge in [0, 0.05) is 19.3 Å². The van der Waals surface area contributed by atoms with E-state index in [1.165, 1.54) is 6.07 Å². The first-order chi connectivity index (χ1) is 8.00. The average Bonchev–Trinajstić information content (AvgIpc) is 2.30. The molecule has 0 atom stereocenters. The van der Waals surface area contributed by atoms with E-state index in [-0.39, 0.29) is 10.8 Å². The van der Waals surface area contributed by atoms with Crippen molar-refractivity contribution in [3.63, 3.8) is 0 Å². The van der Waals surface area contributed by atoms with Gasteiger partial charge >= 0.3 is 0 Å². The highest BCUT2D eigenvalue weighted by molar-refractivity contribution is 6.31. The Labute approximate surface area is 104 Å². The maximum atomic E-state index is 13.3. The predicted octanol–water partition coefficient (Wildman–Crippen LogP) is 2.90. The molecule has 0 aromatic heterocycles. The minimum Gasteiger partial charge on any atom is -0.390 e. The molecule has 17 heavy (non-hydrogen) atoms. The Morgan fingerprint density at radius 2 is 2.00 bits per heavy atom. The third kappa shape index (κ3) is 2.85. The molecule has 1 aliphatic carbocycles. The highest BCUT2D eigenvalue weighted by Crippen LogP contribution is 2.32. The molecule has 2 rings (SSSR count). The molecule has 1 fully saturated rings. The summed E-state index contributed by atoms with van der Waals surface area (Å²) in [5.74, 6) is -0.292. The first-order valence-corrected chi connectivity index (χ1v) is 6.05. The van der Waals surface area contributed by atoms with Gasteiger partial charge in [-0.2, -0.15) is 0 Å². The van der Waals surface area contributed by atoms with Crippen molar-refractivity contribution < 1.29 is 14.3 Å². The van der Waals surface area contributed by atoms with Crippen LogP contribution in [-0.2, 0) is 11.2 Å². The number of benzene rings is 1. The fourth-order valence-corrected chi connectivity index (χ4v) is 2.40. The maximum absolute atomic E-state index is 13.3. The molecular weight excluding hydrogens is 243 g/mol. The van der Waals surface area contributed by atoms with E-state index in [2.05, 4.69) is 0 Å². The Balaban J connectivity index is 2.15. The van der Waals surface area contributed by atoms with Crippen LogP contribution in [0.1, 0.15) is 31.2 Å². The summed E-state index contributed by atoms with van der Waals surface area (Å²) >= 11 is 5.85. The largest absolute Gasteiger partial charge is 0.390 e. The van der Waals surface area contributed by atoms with Crippen molar-refractivity contribution in [2.45, 2.75) is 37.7 Å². The molecular formula is C13H14ClFO2. The smallest absolute Gasteiger partial charge is 0.142 e. The molecule has 1 aliphatic rings. The summed E-state index contributed by atoms with van der Waals surface area (Å²) in [7, 11) is 0. The van der Waals surface area contributed by atoms with E-state index < -0.39 is 11.4 Å². The van der Waals surface area contributed by atoms with Gasteiger partial charge in [-0.1, -0.05) is 23.7 Å². The molecule has 0 unspecified atom stereocenters. The standard InChI is InChI=1S/C13H14ClFO2/c14-12-9(2-1-3-11(12)15)8-13(17)6-4-10(16)5-7-13/h1-3,17H,4-8H2. The number of rotatable bonds is 2. The van der Waals surface area contributed by atoms with Crippen LogP contribution < -0.4 is 0 Å². The minimum atomic E-state index is -0.925. The van der Waals surface area contributed by atoms with E-state index in [1.807, 2.05) is 0 Å². The molecule has 0 radical (unpaired) electrons. The number of hydrogen-bond donors (Lipinski definition) is 1.